The van der Waals surface area contributed by atoms with Gasteiger partial charge in [0.1, 0.15) is 0 Å². The van der Waals surface area contributed by atoms with Crippen molar-refractivity contribution in [3.8, 4) is 0 Å². The molecule has 0 radical (unpaired) electrons. The van der Waals surface area contributed by atoms with Gasteiger partial charge in [-0.2, -0.15) is 13.1 Å². The van der Waals surface area contributed by atoms with E-state index in [0.29, 0.717) is 37.3 Å². The number of aryl methyl sites for hydroxylation is 1. The van der Waals surface area contributed by atoms with Gasteiger partial charge in [0.2, 0.25) is 10.0 Å². The Hall–Kier alpha value is -1.32. The van der Waals surface area contributed by atoms with Crippen molar-refractivity contribution in [1.82, 2.24) is 4.72 Å². The Morgan fingerprint density at radius 2 is 2.00 bits per heavy atom. The lowest BCUT2D eigenvalue weighted by atomic mass is 10.1. The summed E-state index contributed by atoms with van der Waals surface area (Å²) < 4.78 is 54.5. The van der Waals surface area contributed by atoms with Crippen molar-refractivity contribution >= 4 is 31.6 Å². The molecule has 1 heterocycles. The van der Waals surface area contributed by atoms with Gasteiger partial charge >= 0.3 is 0 Å². The summed E-state index contributed by atoms with van der Waals surface area (Å²) >= 11 is 0. The third-order valence-electron chi connectivity index (χ3n) is 3.62. The fourth-order valence-electron chi connectivity index (χ4n) is 2.43. The Morgan fingerprint density at radius 1 is 1.26 bits per heavy atom. The van der Waals surface area contributed by atoms with E-state index in [0.717, 1.165) is 12.0 Å². The molecule has 1 saturated heterocycles. The van der Waals surface area contributed by atoms with Gasteiger partial charge in [-0.1, -0.05) is 13.0 Å². The van der Waals surface area contributed by atoms with E-state index >= 15 is 0 Å². The topological polar surface area (TPSA) is 95.6 Å². The number of rotatable bonds is 6. The van der Waals surface area contributed by atoms with Crippen LogP contribution in [0.25, 0.3) is 0 Å². The van der Waals surface area contributed by atoms with Crippen molar-refractivity contribution in [2.24, 2.45) is 0 Å². The monoisotopic (exact) mass is 361 g/mol. The molecule has 0 spiro atoms. The van der Waals surface area contributed by atoms with Crippen molar-refractivity contribution in [1.29, 1.82) is 0 Å². The fourth-order valence-corrected chi connectivity index (χ4v) is 5.10. The zero-order chi connectivity index (χ0) is 17.1. The number of hydrogen-bond acceptors (Lipinski definition) is 4. The summed E-state index contributed by atoms with van der Waals surface area (Å²) in [5.74, 6) is 0.125. The molecule has 1 aliphatic rings. The lowest BCUT2D eigenvalue weighted by Crippen LogP contribution is -2.38. The first-order chi connectivity index (χ1) is 10.7. The van der Waals surface area contributed by atoms with Gasteiger partial charge in [0, 0.05) is 13.1 Å². The molecule has 1 aromatic carbocycles. The third-order valence-corrected chi connectivity index (χ3v) is 6.57. The predicted octanol–water partition coefficient (Wildman–Crippen LogP) is 1.58. The molecule has 1 aliphatic heterocycles. The summed E-state index contributed by atoms with van der Waals surface area (Å²) in [7, 11) is -6.99. The van der Waals surface area contributed by atoms with Crippen molar-refractivity contribution in [3.63, 3.8) is 0 Å². The molecule has 2 rings (SSSR count). The Labute approximate surface area is 138 Å². The zero-order valence-electron chi connectivity index (χ0n) is 13.4. The van der Waals surface area contributed by atoms with Crippen molar-refractivity contribution in [2.45, 2.75) is 33.1 Å². The Morgan fingerprint density at radius 3 is 2.65 bits per heavy atom. The van der Waals surface area contributed by atoms with Crippen LogP contribution in [0.3, 0.4) is 0 Å². The van der Waals surface area contributed by atoms with E-state index in [1.165, 1.54) is 4.31 Å². The van der Waals surface area contributed by atoms with E-state index in [2.05, 4.69) is 9.44 Å². The smallest absolute Gasteiger partial charge is 0.271 e. The number of nitrogens with zero attached hydrogens (tertiary/aromatic N) is 1. The molecule has 130 valence electrons. The van der Waals surface area contributed by atoms with Gasteiger partial charge in [-0.15, -0.1) is 0 Å². The van der Waals surface area contributed by atoms with E-state index < -0.39 is 20.2 Å². The number of sulfonamides is 1. The van der Waals surface area contributed by atoms with Gasteiger partial charge in [-0.3, -0.25) is 9.03 Å². The average Bonchev–Trinajstić information content (AvgIpc) is 2.47. The Balaban J connectivity index is 2.29. The second kappa shape index (κ2) is 7.06. The molecule has 1 aromatic rings. The molecule has 0 unspecified atom stereocenters. The summed E-state index contributed by atoms with van der Waals surface area (Å²) in [6.07, 6.45) is 2.14. The molecule has 2 N–H and O–H groups in total. The minimum Gasteiger partial charge on any atom is -0.271 e. The van der Waals surface area contributed by atoms with Gasteiger partial charge in [-0.25, -0.2) is 8.42 Å². The van der Waals surface area contributed by atoms with Gasteiger partial charge in [0.15, 0.2) is 0 Å². The van der Waals surface area contributed by atoms with E-state index in [1.807, 2.05) is 13.8 Å². The standard InChI is InChI=1S/C14H23N3O4S2/c1-3-8-15-23(20,21)16-13-7-6-12(2)14(11-13)17-9-4-5-10-22(17,18)19/h6-7,11,15-16H,3-5,8-10H2,1-2H3. The van der Waals surface area contributed by atoms with Crippen LogP contribution in [0.15, 0.2) is 18.2 Å². The predicted molar refractivity (Wildman–Crippen MR) is 92.4 cm³/mol. The highest BCUT2D eigenvalue weighted by Gasteiger charge is 2.27. The quantitative estimate of drug-likeness (QED) is 0.804. The highest BCUT2D eigenvalue weighted by Crippen LogP contribution is 2.29. The number of nitrogens with one attached hydrogen (secondary N) is 2. The van der Waals surface area contributed by atoms with Crippen LogP contribution in [-0.2, 0) is 20.2 Å². The van der Waals surface area contributed by atoms with Crippen LogP contribution in [0.4, 0.5) is 11.4 Å². The van der Waals surface area contributed by atoms with Gasteiger partial charge < -0.3 is 0 Å². The van der Waals surface area contributed by atoms with Crippen molar-refractivity contribution in [2.75, 3.05) is 27.9 Å². The fraction of sp³-hybridized carbons (Fsp3) is 0.571. The normalized spacial score (nSPS) is 17.9. The molecular formula is C14H23N3O4S2. The maximum atomic E-state index is 12.2. The maximum absolute atomic E-state index is 12.2. The van der Waals surface area contributed by atoms with Crippen LogP contribution in [0.5, 0.6) is 0 Å². The lowest BCUT2D eigenvalue weighted by molar-refractivity contribution is 0.574. The van der Waals surface area contributed by atoms with Crippen LogP contribution in [0.2, 0.25) is 0 Å². The highest BCUT2D eigenvalue weighted by molar-refractivity contribution is 7.92. The SMILES string of the molecule is CCCNS(=O)(=O)Nc1ccc(C)c(N2CCCCS2(=O)=O)c1. The second-order valence-electron chi connectivity index (χ2n) is 5.60. The van der Waals surface area contributed by atoms with Crippen molar-refractivity contribution in [3.05, 3.63) is 23.8 Å². The van der Waals surface area contributed by atoms with Gasteiger partial charge in [-0.05, 0) is 43.9 Å². The molecule has 1 fully saturated rings. The van der Waals surface area contributed by atoms with Crippen LogP contribution >= 0.6 is 0 Å². The first kappa shape index (κ1) is 18.0. The summed E-state index contributed by atoms with van der Waals surface area (Å²) in [6, 6.07) is 4.92. The summed E-state index contributed by atoms with van der Waals surface area (Å²) in [4.78, 5) is 0. The summed E-state index contributed by atoms with van der Waals surface area (Å²) in [5, 5.41) is 0. The van der Waals surface area contributed by atoms with E-state index in [4.69, 9.17) is 0 Å². The average molecular weight is 361 g/mol. The van der Waals surface area contributed by atoms with E-state index in [9.17, 15) is 16.8 Å². The molecule has 7 nitrogen and oxygen atoms in total. The summed E-state index contributed by atoms with van der Waals surface area (Å²) in [5.41, 5.74) is 1.66. The molecule has 0 amide bonds. The molecule has 0 aliphatic carbocycles. The van der Waals surface area contributed by atoms with E-state index in [-0.39, 0.29) is 5.75 Å². The van der Waals surface area contributed by atoms with E-state index in [1.54, 1.807) is 18.2 Å². The van der Waals surface area contributed by atoms with Gasteiger partial charge in [0.05, 0.1) is 17.1 Å². The molecule has 0 aromatic heterocycles. The van der Waals surface area contributed by atoms with Crippen LogP contribution in [-0.4, -0.2) is 35.7 Å². The molecule has 0 bridgehead atoms. The first-order valence-electron chi connectivity index (χ1n) is 7.63. The third kappa shape index (κ3) is 4.58. The molecule has 23 heavy (non-hydrogen) atoms. The number of benzene rings is 1. The first-order valence-corrected chi connectivity index (χ1v) is 10.7. The Kier molecular flexibility index (Phi) is 5.53. The second-order valence-corrected chi connectivity index (χ2v) is 9.11. The summed E-state index contributed by atoms with van der Waals surface area (Å²) in [6.45, 7) is 4.45. The molecule has 0 atom stereocenters. The van der Waals surface area contributed by atoms with Gasteiger partial charge in [0.25, 0.3) is 10.2 Å². The maximum Gasteiger partial charge on any atom is 0.299 e. The lowest BCUT2D eigenvalue weighted by Gasteiger charge is -2.29. The largest absolute Gasteiger partial charge is 0.299 e. The molecule has 0 saturated carbocycles. The minimum absolute atomic E-state index is 0.125. The van der Waals surface area contributed by atoms with Crippen molar-refractivity contribution < 1.29 is 16.8 Å². The zero-order valence-corrected chi connectivity index (χ0v) is 15.0. The highest BCUT2D eigenvalue weighted by atomic mass is 32.2. The number of anilines is 2. The molecule has 9 heteroatoms. The van der Waals surface area contributed by atoms with Crippen LogP contribution < -0.4 is 13.7 Å². The van der Waals surface area contributed by atoms with Crippen LogP contribution in [0, 0.1) is 6.92 Å². The Bertz CT molecular complexity index is 760. The van der Waals surface area contributed by atoms with Crippen LogP contribution in [0.1, 0.15) is 31.7 Å². The molecular weight excluding hydrogens is 338 g/mol. The number of hydrogen-bond donors (Lipinski definition) is 2. The minimum atomic E-state index is -3.65.